The van der Waals surface area contributed by atoms with E-state index >= 15 is 0 Å². The first-order chi connectivity index (χ1) is 15.8. The fourth-order valence-electron chi connectivity index (χ4n) is 3.56. The van der Waals surface area contributed by atoms with Gasteiger partial charge in [0.2, 0.25) is 5.91 Å². The summed E-state index contributed by atoms with van der Waals surface area (Å²) < 4.78 is 0. The van der Waals surface area contributed by atoms with Gasteiger partial charge in [-0.2, -0.15) is 0 Å². The summed E-state index contributed by atoms with van der Waals surface area (Å²) in [5.74, 6) is 1.05. The van der Waals surface area contributed by atoms with Crippen molar-refractivity contribution in [3.63, 3.8) is 0 Å². The number of allylic oxidation sites excluding steroid dienone is 1. The largest absolute Gasteiger partial charge is 0.376 e. The Morgan fingerprint density at radius 3 is 2.42 bits per heavy atom. The standard InChI is InChI=1S/C26H35N5O2/c1-6-19(7-2)11-20(8-3)13-31-25(33)16-30-24-10-9-21(12-23(24)26(27)17(4)32)22-14-28-18(5)29-15-22/h6,9-10,12,14-15,19-20,27,30H,1,7-8,11,13,16H2,2-5H3,(H,31,33). The Hall–Kier alpha value is -3.35. The lowest BCUT2D eigenvalue weighted by Gasteiger charge is -2.20. The van der Waals surface area contributed by atoms with Crippen LogP contribution in [0.3, 0.4) is 0 Å². The molecule has 7 heteroatoms. The van der Waals surface area contributed by atoms with Crippen molar-refractivity contribution in [2.75, 3.05) is 18.4 Å². The van der Waals surface area contributed by atoms with Gasteiger partial charge in [-0.3, -0.25) is 15.0 Å². The van der Waals surface area contributed by atoms with E-state index in [1.165, 1.54) is 6.92 Å². The second-order valence-corrected chi connectivity index (χ2v) is 8.28. The van der Waals surface area contributed by atoms with Crippen molar-refractivity contribution >= 4 is 23.1 Å². The third-order valence-corrected chi connectivity index (χ3v) is 5.85. The molecule has 1 heterocycles. The number of aromatic nitrogens is 2. The molecule has 3 N–H and O–H groups in total. The van der Waals surface area contributed by atoms with E-state index in [9.17, 15) is 9.59 Å². The quantitative estimate of drug-likeness (QED) is 0.307. The third-order valence-electron chi connectivity index (χ3n) is 5.85. The number of anilines is 1. The highest BCUT2D eigenvalue weighted by molar-refractivity contribution is 6.45. The van der Waals surface area contributed by atoms with Crippen molar-refractivity contribution < 1.29 is 9.59 Å². The van der Waals surface area contributed by atoms with Gasteiger partial charge in [-0.1, -0.05) is 32.4 Å². The predicted octanol–water partition coefficient (Wildman–Crippen LogP) is 4.57. The number of benzene rings is 1. The SMILES string of the molecule is C=CC(CC)CC(CC)CNC(=O)CNc1ccc(-c2cnc(C)nc2)cc1C(=N)C(C)=O. The third kappa shape index (κ3) is 7.63. The summed E-state index contributed by atoms with van der Waals surface area (Å²) >= 11 is 0. The van der Waals surface area contributed by atoms with E-state index in [2.05, 4.69) is 41.0 Å². The van der Waals surface area contributed by atoms with E-state index < -0.39 is 0 Å². The van der Waals surface area contributed by atoms with Gasteiger partial charge in [-0.25, -0.2) is 9.97 Å². The Bertz CT molecular complexity index is 985. The first kappa shape index (κ1) is 25.9. The summed E-state index contributed by atoms with van der Waals surface area (Å²) in [6, 6.07) is 5.39. The van der Waals surface area contributed by atoms with Gasteiger partial charge in [0, 0.05) is 42.7 Å². The van der Waals surface area contributed by atoms with Crippen LogP contribution in [0.2, 0.25) is 0 Å². The number of amides is 1. The van der Waals surface area contributed by atoms with E-state index in [1.807, 2.05) is 19.1 Å². The number of nitrogens with zero attached hydrogens (tertiary/aromatic N) is 2. The molecule has 2 unspecified atom stereocenters. The number of hydrogen-bond donors (Lipinski definition) is 3. The summed E-state index contributed by atoms with van der Waals surface area (Å²) in [6.07, 6.45) is 8.45. The Balaban J connectivity index is 2.08. The number of nitrogens with one attached hydrogen (secondary N) is 3. The van der Waals surface area contributed by atoms with Gasteiger partial charge in [0.05, 0.1) is 6.54 Å². The highest BCUT2D eigenvalue weighted by Gasteiger charge is 2.16. The summed E-state index contributed by atoms with van der Waals surface area (Å²) in [6.45, 7) is 12.0. The average molecular weight is 450 g/mol. The molecule has 176 valence electrons. The van der Waals surface area contributed by atoms with E-state index in [4.69, 9.17) is 5.41 Å². The Morgan fingerprint density at radius 2 is 1.85 bits per heavy atom. The number of carbonyl (C=O) groups is 2. The van der Waals surface area contributed by atoms with Gasteiger partial charge in [0.1, 0.15) is 11.5 Å². The molecule has 0 fully saturated rings. The number of aryl methyl sites for hydroxylation is 1. The molecule has 2 aromatic rings. The molecule has 2 atom stereocenters. The van der Waals surface area contributed by atoms with Crippen molar-refractivity contribution in [1.82, 2.24) is 15.3 Å². The molecule has 0 radical (unpaired) electrons. The van der Waals surface area contributed by atoms with Crippen molar-refractivity contribution in [1.29, 1.82) is 5.41 Å². The zero-order valence-corrected chi connectivity index (χ0v) is 20.1. The zero-order valence-electron chi connectivity index (χ0n) is 20.1. The highest BCUT2D eigenvalue weighted by Crippen LogP contribution is 2.25. The van der Waals surface area contributed by atoms with Crippen LogP contribution in [-0.4, -0.2) is 40.5 Å². The zero-order chi connectivity index (χ0) is 24.4. The maximum atomic E-state index is 12.5. The molecule has 1 aromatic heterocycles. The van der Waals surface area contributed by atoms with Gasteiger partial charge < -0.3 is 10.6 Å². The Morgan fingerprint density at radius 1 is 1.15 bits per heavy atom. The first-order valence-electron chi connectivity index (χ1n) is 11.4. The van der Waals surface area contributed by atoms with Crippen LogP contribution < -0.4 is 10.6 Å². The molecule has 0 bridgehead atoms. The van der Waals surface area contributed by atoms with E-state index in [-0.39, 0.29) is 23.9 Å². The average Bonchev–Trinajstić information content (AvgIpc) is 2.82. The van der Waals surface area contributed by atoms with Crippen LogP contribution in [0.25, 0.3) is 11.1 Å². The van der Waals surface area contributed by atoms with Crippen molar-refractivity contribution in [3.05, 3.63) is 54.6 Å². The maximum Gasteiger partial charge on any atom is 0.239 e. The van der Waals surface area contributed by atoms with Gasteiger partial charge in [-0.15, -0.1) is 6.58 Å². The fourth-order valence-corrected chi connectivity index (χ4v) is 3.56. The number of carbonyl (C=O) groups excluding carboxylic acids is 2. The molecule has 33 heavy (non-hydrogen) atoms. The molecule has 1 amide bonds. The first-order valence-corrected chi connectivity index (χ1v) is 11.4. The summed E-state index contributed by atoms with van der Waals surface area (Å²) in [5.41, 5.74) is 2.47. The minimum Gasteiger partial charge on any atom is -0.376 e. The fraction of sp³-hybridized carbons (Fsp3) is 0.423. The molecule has 0 aliphatic rings. The maximum absolute atomic E-state index is 12.5. The lowest BCUT2D eigenvalue weighted by molar-refractivity contribution is -0.119. The molecule has 0 spiro atoms. The summed E-state index contributed by atoms with van der Waals surface area (Å²) in [7, 11) is 0. The van der Waals surface area contributed by atoms with Crippen LogP contribution in [0.15, 0.2) is 43.2 Å². The van der Waals surface area contributed by atoms with Crippen LogP contribution in [0, 0.1) is 24.2 Å². The monoisotopic (exact) mass is 449 g/mol. The molecule has 0 aliphatic carbocycles. The van der Waals surface area contributed by atoms with Gasteiger partial charge in [0.15, 0.2) is 5.78 Å². The lowest BCUT2D eigenvalue weighted by Crippen LogP contribution is -2.34. The van der Waals surface area contributed by atoms with Crippen LogP contribution in [0.5, 0.6) is 0 Å². The molecule has 0 aliphatic heterocycles. The number of Topliss-reactive ketones (excluding diaryl/α,β-unsaturated/α-hetero) is 1. The second-order valence-electron chi connectivity index (χ2n) is 8.28. The Labute approximate surface area is 196 Å². The molecule has 7 nitrogen and oxygen atoms in total. The Kier molecular flexibility index (Phi) is 9.91. The number of hydrogen-bond acceptors (Lipinski definition) is 6. The second kappa shape index (κ2) is 12.6. The van der Waals surface area contributed by atoms with Gasteiger partial charge in [-0.05, 0) is 49.3 Å². The van der Waals surface area contributed by atoms with E-state index in [0.717, 1.165) is 30.4 Å². The molecule has 0 saturated carbocycles. The molecular formula is C26H35N5O2. The van der Waals surface area contributed by atoms with E-state index in [1.54, 1.807) is 24.5 Å². The predicted molar refractivity (Wildman–Crippen MR) is 134 cm³/mol. The van der Waals surface area contributed by atoms with Crippen LogP contribution in [-0.2, 0) is 9.59 Å². The molecule has 2 rings (SSSR count). The molecule has 0 saturated heterocycles. The normalized spacial score (nSPS) is 12.5. The number of rotatable bonds is 13. The highest BCUT2D eigenvalue weighted by atomic mass is 16.2. The topological polar surface area (TPSA) is 108 Å². The van der Waals surface area contributed by atoms with Crippen LogP contribution >= 0.6 is 0 Å². The van der Waals surface area contributed by atoms with Crippen LogP contribution in [0.4, 0.5) is 5.69 Å². The minimum atomic E-state index is -0.349. The summed E-state index contributed by atoms with van der Waals surface area (Å²) in [5, 5.41) is 14.3. The number of ketones is 1. The van der Waals surface area contributed by atoms with Crippen molar-refractivity contribution in [2.45, 2.75) is 47.0 Å². The smallest absolute Gasteiger partial charge is 0.239 e. The van der Waals surface area contributed by atoms with Crippen molar-refractivity contribution in [3.8, 4) is 11.1 Å². The lowest BCUT2D eigenvalue weighted by atomic mass is 9.91. The van der Waals surface area contributed by atoms with E-state index in [0.29, 0.717) is 35.5 Å². The summed E-state index contributed by atoms with van der Waals surface area (Å²) in [4.78, 5) is 32.8. The molecule has 1 aromatic carbocycles. The molecular weight excluding hydrogens is 414 g/mol. The minimum absolute atomic E-state index is 0.0558. The van der Waals surface area contributed by atoms with Crippen molar-refractivity contribution in [2.24, 2.45) is 11.8 Å². The van der Waals surface area contributed by atoms with Gasteiger partial charge >= 0.3 is 0 Å². The van der Waals surface area contributed by atoms with Gasteiger partial charge in [0.25, 0.3) is 0 Å². The van der Waals surface area contributed by atoms with Crippen LogP contribution in [0.1, 0.15) is 51.4 Å².